The molecule has 1 atom stereocenters. The third kappa shape index (κ3) is 4.02. The summed E-state index contributed by atoms with van der Waals surface area (Å²) in [4.78, 5) is 10.9. The number of carboxylic acids is 1. The topological polar surface area (TPSA) is 81.8 Å². The van der Waals surface area contributed by atoms with Gasteiger partial charge in [-0.25, -0.2) is 0 Å². The van der Waals surface area contributed by atoms with E-state index in [-0.39, 0.29) is 12.5 Å². The van der Waals surface area contributed by atoms with Crippen LogP contribution in [0.25, 0.3) is 0 Å². The predicted molar refractivity (Wildman–Crippen MR) is 80.2 cm³/mol. The van der Waals surface area contributed by atoms with Crippen molar-refractivity contribution in [3.63, 3.8) is 0 Å². The fourth-order valence-corrected chi connectivity index (χ4v) is 2.86. The van der Waals surface area contributed by atoms with Gasteiger partial charge in [0.2, 0.25) is 0 Å². The van der Waals surface area contributed by atoms with Gasteiger partial charge in [-0.05, 0) is 49.8 Å². The molecule has 2 rings (SSSR count). The molecule has 1 aromatic rings. The van der Waals surface area contributed by atoms with Gasteiger partial charge in [-0.15, -0.1) is 0 Å². The molecule has 21 heavy (non-hydrogen) atoms. The molecule has 5 nitrogen and oxygen atoms in total. The number of ether oxygens (including phenoxy) is 2. The highest BCUT2D eigenvalue weighted by atomic mass is 35.5. The fourth-order valence-electron chi connectivity index (χ4n) is 2.55. The summed E-state index contributed by atoms with van der Waals surface area (Å²) in [5, 5.41) is 9.30. The zero-order valence-corrected chi connectivity index (χ0v) is 12.7. The average Bonchev–Trinajstić information content (AvgIpc) is 2.91. The summed E-state index contributed by atoms with van der Waals surface area (Å²) in [6.45, 7) is 0. The molecule has 0 heterocycles. The van der Waals surface area contributed by atoms with Gasteiger partial charge < -0.3 is 20.3 Å². The maximum atomic E-state index is 10.9. The summed E-state index contributed by atoms with van der Waals surface area (Å²) in [5.74, 6) is 0.000837. The van der Waals surface area contributed by atoms with E-state index in [1.807, 2.05) is 0 Å². The minimum atomic E-state index is -1.04. The lowest BCUT2D eigenvalue weighted by Gasteiger charge is -2.18. The smallest absolute Gasteiger partial charge is 0.320 e. The van der Waals surface area contributed by atoms with E-state index in [1.54, 1.807) is 12.1 Å². The molecular weight excluding hydrogens is 294 g/mol. The Bertz CT molecular complexity index is 515. The van der Waals surface area contributed by atoms with Crippen molar-refractivity contribution in [2.45, 2.75) is 44.2 Å². The second-order valence-electron chi connectivity index (χ2n) is 5.28. The molecule has 0 bridgehead atoms. The monoisotopic (exact) mass is 313 g/mol. The summed E-state index contributed by atoms with van der Waals surface area (Å²) in [5.41, 5.74) is 6.29. The Morgan fingerprint density at radius 1 is 1.48 bits per heavy atom. The van der Waals surface area contributed by atoms with E-state index in [9.17, 15) is 4.79 Å². The molecule has 1 aliphatic rings. The number of benzene rings is 1. The lowest BCUT2D eigenvalue weighted by Crippen LogP contribution is -2.32. The highest BCUT2D eigenvalue weighted by Crippen LogP contribution is 2.38. The van der Waals surface area contributed by atoms with Crippen LogP contribution in [0.2, 0.25) is 5.02 Å². The van der Waals surface area contributed by atoms with E-state index >= 15 is 0 Å². The molecule has 1 saturated carbocycles. The molecular formula is C15H20ClNO4. The molecule has 0 spiro atoms. The second-order valence-corrected chi connectivity index (χ2v) is 5.69. The molecule has 0 aromatic heterocycles. The van der Waals surface area contributed by atoms with E-state index in [2.05, 4.69) is 0 Å². The Kier molecular flexibility index (Phi) is 5.31. The zero-order chi connectivity index (χ0) is 15.4. The first-order valence-corrected chi connectivity index (χ1v) is 7.40. The standard InChI is InChI=1S/C15H20ClNO4/c1-20-14-11(16)6-9(7-12(17)15(18)19)8-13(14)21-10-4-2-3-5-10/h6,8,10,12H,2-5,7,17H2,1H3,(H,18,19). The minimum Gasteiger partial charge on any atom is -0.491 e. The Hall–Kier alpha value is -1.46. The van der Waals surface area contributed by atoms with Crippen molar-refractivity contribution in [1.29, 1.82) is 0 Å². The van der Waals surface area contributed by atoms with Crippen LogP contribution in [0.3, 0.4) is 0 Å². The van der Waals surface area contributed by atoms with E-state index in [0.717, 1.165) is 31.2 Å². The van der Waals surface area contributed by atoms with E-state index in [1.165, 1.54) is 7.11 Å². The molecule has 0 aliphatic heterocycles. The van der Waals surface area contributed by atoms with Gasteiger partial charge in [-0.1, -0.05) is 11.6 Å². The number of hydrogen-bond donors (Lipinski definition) is 2. The van der Waals surface area contributed by atoms with Gasteiger partial charge in [0.1, 0.15) is 6.04 Å². The Labute approximate surface area is 129 Å². The number of carboxylic acid groups (broad SMARTS) is 1. The van der Waals surface area contributed by atoms with Gasteiger partial charge in [-0.2, -0.15) is 0 Å². The van der Waals surface area contributed by atoms with Crippen molar-refractivity contribution in [2.24, 2.45) is 5.73 Å². The van der Waals surface area contributed by atoms with Crippen LogP contribution in [-0.4, -0.2) is 30.3 Å². The van der Waals surface area contributed by atoms with E-state index in [4.69, 9.17) is 31.9 Å². The Balaban J connectivity index is 2.23. The van der Waals surface area contributed by atoms with E-state index < -0.39 is 12.0 Å². The molecule has 0 saturated heterocycles. The molecule has 1 unspecified atom stereocenters. The minimum absolute atomic E-state index is 0.165. The van der Waals surface area contributed by atoms with Gasteiger partial charge >= 0.3 is 5.97 Å². The molecule has 6 heteroatoms. The van der Waals surface area contributed by atoms with Crippen LogP contribution >= 0.6 is 11.6 Å². The number of carbonyl (C=O) groups is 1. The van der Waals surface area contributed by atoms with Gasteiger partial charge in [0.05, 0.1) is 18.2 Å². The maximum Gasteiger partial charge on any atom is 0.320 e. The molecule has 0 radical (unpaired) electrons. The average molecular weight is 314 g/mol. The van der Waals surface area contributed by atoms with Crippen molar-refractivity contribution in [3.8, 4) is 11.5 Å². The van der Waals surface area contributed by atoms with Crippen LogP contribution in [0.15, 0.2) is 12.1 Å². The van der Waals surface area contributed by atoms with Crippen LogP contribution in [0.4, 0.5) is 0 Å². The Morgan fingerprint density at radius 2 is 2.14 bits per heavy atom. The molecule has 1 fully saturated rings. The number of nitrogens with two attached hydrogens (primary N) is 1. The number of hydrogen-bond acceptors (Lipinski definition) is 4. The van der Waals surface area contributed by atoms with Crippen LogP contribution < -0.4 is 15.2 Å². The van der Waals surface area contributed by atoms with Crippen molar-refractivity contribution in [1.82, 2.24) is 0 Å². The lowest BCUT2D eigenvalue weighted by molar-refractivity contribution is -0.138. The quantitative estimate of drug-likeness (QED) is 0.843. The summed E-state index contributed by atoms with van der Waals surface area (Å²) in [7, 11) is 1.53. The summed E-state index contributed by atoms with van der Waals surface area (Å²) in [6.07, 6.45) is 4.70. The molecule has 116 valence electrons. The van der Waals surface area contributed by atoms with Crippen molar-refractivity contribution < 1.29 is 19.4 Å². The van der Waals surface area contributed by atoms with Crippen molar-refractivity contribution >= 4 is 17.6 Å². The van der Waals surface area contributed by atoms with Gasteiger partial charge in [0.25, 0.3) is 0 Å². The van der Waals surface area contributed by atoms with Gasteiger partial charge in [-0.3, -0.25) is 4.79 Å². The highest BCUT2D eigenvalue weighted by molar-refractivity contribution is 6.32. The predicted octanol–water partition coefficient (Wildman–Crippen LogP) is 2.62. The second kappa shape index (κ2) is 7.00. The van der Waals surface area contributed by atoms with Crippen LogP contribution in [0, 0.1) is 0 Å². The summed E-state index contributed by atoms with van der Waals surface area (Å²) in [6, 6.07) is 2.48. The molecule has 1 aliphatic carbocycles. The normalized spacial score (nSPS) is 16.7. The first-order chi connectivity index (χ1) is 10.0. The molecule has 3 N–H and O–H groups in total. The van der Waals surface area contributed by atoms with Gasteiger partial charge in [0, 0.05) is 0 Å². The third-order valence-corrected chi connectivity index (χ3v) is 3.92. The maximum absolute atomic E-state index is 10.9. The number of halogens is 1. The zero-order valence-electron chi connectivity index (χ0n) is 12.0. The third-order valence-electron chi connectivity index (χ3n) is 3.64. The fraction of sp³-hybridized carbons (Fsp3) is 0.533. The Morgan fingerprint density at radius 3 is 2.71 bits per heavy atom. The van der Waals surface area contributed by atoms with Crippen LogP contribution in [-0.2, 0) is 11.2 Å². The van der Waals surface area contributed by atoms with Crippen molar-refractivity contribution in [3.05, 3.63) is 22.7 Å². The molecule has 0 amide bonds. The number of aliphatic carboxylic acids is 1. The number of methoxy groups -OCH3 is 1. The lowest BCUT2D eigenvalue weighted by atomic mass is 10.1. The first kappa shape index (κ1) is 15.9. The van der Waals surface area contributed by atoms with Gasteiger partial charge in [0.15, 0.2) is 11.5 Å². The SMILES string of the molecule is COc1c(Cl)cc(CC(N)C(=O)O)cc1OC1CCCC1. The first-order valence-electron chi connectivity index (χ1n) is 7.02. The number of rotatable bonds is 6. The largest absolute Gasteiger partial charge is 0.491 e. The van der Waals surface area contributed by atoms with E-state index in [0.29, 0.717) is 16.5 Å². The summed E-state index contributed by atoms with van der Waals surface area (Å²) >= 11 is 6.19. The molecule has 1 aromatic carbocycles. The van der Waals surface area contributed by atoms with Crippen molar-refractivity contribution in [2.75, 3.05) is 7.11 Å². The highest BCUT2D eigenvalue weighted by Gasteiger charge is 2.21. The summed E-state index contributed by atoms with van der Waals surface area (Å²) < 4.78 is 11.3. The van der Waals surface area contributed by atoms with Crippen LogP contribution in [0.1, 0.15) is 31.2 Å². The van der Waals surface area contributed by atoms with Crippen LogP contribution in [0.5, 0.6) is 11.5 Å².